The second-order valence-corrected chi connectivity index (χ2v) is 5.85. The van der Waals surface area contributed by atoms with Gasteiger partial charge in [-0.2, -0.15) is 5.10 Å². The lowest BCUT2D eigenvalue weighted by Crippen LogP contribution is -2.23. The highest BCUT2D eigenvalue weighted by Crippen LogP contribution is 2.25. The van der Waals surface area contributed by atoms with Crippen molar-refractivity contribution in [3.05, 3.63) is 45.3 Å². The molecular weight excluding hydrogens is 356 g/mol. The van der Waals surface area contributed by atoms with Gasteiger partial charge in [0.2, 0.25) is 0 Å². The molecule has 2 aromatic rings. The lowest BCUT2D eigenvalue weighted by molar-refractivity contribution is -0.386. The fourth-order valence-corrected chi connectivity index (χ4v) is 2.53. The number of anilines is 1. The molecule has 1 aromatic heterocycles. The molecule has 2 rings (SSSR count). The zero-order chi connectivity index (χ0) is 20.1. The van der Waals surface area contributed by atoms with Crippen LogP contribution in [0.2, 0.25) is 0 Å². The van der Waals surface area contributed by atoms with E-state index in [0.29, 0.717) is 11.4 Å². The Morgan fingerprint density at radius 1 is 1.30 bits per heavy atom. The molecule has 0 radical (unpaired) electrons. The van der Waals surface area contributed by atoms with Gasteiger partial charge in [0.05, 0.1) is 17.7 Å². The molecule has 0 aliphatic carbocycles. The number of hydrogen-bond acceptors (Lipinski definition) is 7. The third-order valence-electron chi connectivity index (χ3n) is 3.80. The molecule has 10 nitrogen and oxygen atoms in total. The average molecular weight is 376 g/mol. The Labute approximate surface area is 155 Å². The van der Waals surface area contributed by atoms with E-state index in [1.807, 2.05) is 13.0 Å². The summed E-state index contributed by atoms with van der Waals surface area (Å²) in [6.07, 6.45) is 0. The number of aromatic nitrogens is 2. The summed E-state index contributed by atoms with van der Waals surface area (Å²) in [7, 11) is 1.48. The Balaban J connectivity index is 1.94. The van der Waals surface area contributed by atoms with Crippen molar-refractivity contribution >= 4 is 23.3 Å². The van der Waals surface area contributed by atoms with Crippen LogP contribution in [0.4, 0.5) is 11.4 Å². The van der Waals surface area contributed by atoms with E-state index in [1.165, 1.54) is 25.6 Å². The smallest absolute Gasteiger partial charge is 0.328 e. The topological polar surface area (TPSA) is 126 Å². The highest BCUT2D eigenvalue weighted by atomic mass is 16.6. The summed E-state index contributed by atoms with van der Waals surface area (Å²) < 4.78 is 11.3. The summed E-state index contributed by atoms with van der Waals surface area (Å²) in [5, 5.41) is 17.5. The molecule has 144 valence electrons. The van der Waals surface area contributed by atoms with Crippen molar-refractivity contribution in [2.75, 3.05) is 19.0 Å². The molecule has 0 spiro atoms. The van der Waals surface area contributed by atoms with Gasteiger partial charge in [-0.1, -0.05) is 6.07 Å². The summed E-state index contributed by atoms with van der Waals surface area (Å²) in [5.41, 5.74) is 1.69. The van der Waals surface area contributed by atoms with Crippen LogP contribution < -0.4 is 10.1 Å². The van der Waals surface area contributed by atoms with Gasteiger partial charge in [-0.05, 0) is 38.5 Å². The molecule has 10 heteroatoms. The van der Waals surface area contributed by atoms with Crippen LogP contribution in [-0.2, 0) is 20.9 Å². The van der Waals surface area contributed by atoms with Gasteiger partial charge < -0.3 is 14.8 Å². The van der Waals surface area contributed by atoms with E-state index in [-0.39, 0.29) is 23.6 Å². The van der Waals surface area contributed by atoms with Gasteiger partial charge in [0.1, 0.15) is 23.7 Å². The van der Waals surface area contributed by atoms with Crippen molar-refractivity contribution in [3.8, 4) is 5.75 Å². The number of nitro groups is 1. The predicted octanol–water partition coefficient (Wildman–Crippen LogP) is 1.91. The number of nitrogens with zero attached hydrogens (tertiary/aromatic N) is 3. The van der Waals surface area contributed by atoms with E-state index in [1.54, 1.807) is 12.1 Å². The minimum Gasteiger partial charge on any atom is -0.495 e. The first-order valence-electron chi connectivity index (χ1n) is 8.01. The van der Waals surface area contributed by atoms with Crippen molar-refractivity contribution < 1.29 is 24.0 Å². The van der Waals surface area contributed by atoms with Gasteiger partial charge in [0, 0.05) is 0 Å². The van der Waals surface area contributed by atoms with Crippen molar-refractivity contribution in [1.29, 1.82) is 0 Å². The van der Waals surface area contributed by atoms with Crippen LogP contribution in [0.3, 0.4) is 0 Å². The molecule has 0 fully saturated rings. The Kier molecular flexibility index (Phi) is 6.11. The average Bonchev–Trinajstić information content (AvgIpc) is 2.87. The first-order valence-corrected chi connectivity index (χ1v) is 8.01. The number of amides is 1. The quantitative estimate of drug-likeness (QED) is 0.444. The molecule has 1 amide bonds. The van der Waals surface area contributed by atoms with Crippen molar-refractivity contribution in [3.63, 3.8) is 0 Å². The monoisotopic (exact) mass is 376 g/mol. The standard InChI is InChI=1S/C17H20N4O6/c1-10-5-6-14(26-4)13(7-10)18-15(22)9-27-16(23)8-20-12(3)17(21(24)25)11(2)19-20/h5-7H,8-9H2,1-4H3,(H,18,22). The number of hydrogen-bond donors (Lipinski definition) is 1. The highest BCUT2D eigenvalue weighted by molar-refractivity contribution is 5.94. The number of carbonyl (C=O) groups excluding carboxylic acids is 2. The third kappa shape index (κ3) is 4.81. The largest absolute Gasteiger partial charge is 0.495 e. The van der Waals surface area contributed by atoms with Gasteiger partial charge >= 0.3 is 11.7 Å². The minimum atomic E-state index is -0.734. The molecule has 1 aromatic carbocycles. The summed E-state index contributed by atoms with van der Waals surface area (Å²) in [6.45, 7) is 4.00. The number of esters is 1. The Bertz CT molecular complexity index is 890. The van der Waals surface area contributed by atoms with E-state index in [2.05, 4.69) is 10.4 Å². The Hall–Kier alpha value is -3.43. The normalized spacial score (nSPS) is 10.4. The van der Waals surface area contributed by atoms with Crippen LogP contribution >= 0.6 is 0 Å². The number of carbonyl (C=O) groups is 2. The number of methoxy groups -OCH3 is 1. The molecule has 0 aliphatic rings. The van der Waals surface area contributed by atoms with Crippen molar-refractivity contribution in [1.82, 2.24) is 9.78 Å². The lowest BCUT2D eigenvalue weighted by Gasteiger charge is -2.11. The molecule has 0 aliphatic heterocycles. The third-order valence-corrected chi connectivity index (χ3v) is 3.80. The summed E-state index contributed by atoms with van der Waals surface area (Å²) in [6, 6.07) is 5.28. The summed E-state index contributed by atoms with van der Waals surface area (Å²) in [5.74, 6) is -0.788. The van der Waals surface area contributed by atoms with Crippen LogP contribution in [0.15, 0.2) is 18.2 Å². The second kappa shape index (κ2) is 8.30. The van der Waals surface area contributed by atoms with Crippen LogP contribution in [0, 0.1) is 30.9 Å². The van der Waals surface area contributed by atoms with E-state index in [4.69, 9.17) is 9.47 Å². The molecule has 0 saturated carbocycles. The van der Waals surface area contributed by atoms with Gasteiger partial charge in [0.25, 0.3) is 5.91 Å². The molecule has 1 N–H and O–H groups in total. The van der Waals surface area contributed by atoms with E-state index >= 15 is 0 Å². The Morgan fingerprint density at radius 3 is 2.59 bits per heavy atom. The number of ether oxygens (including phenoxy) is 2. The predicted molar refractivity (Wildman–Crippen MR) is 95.7 cm³/mol. The molecule has 1 heterocycles. The maximum absolute atomic E-state index is 12.0. The first-order chi connectivity index (χ1) is 12.7. The van der Waals surface area contributed by atoms with E-state index in [0.717, 1.165) is 5.56 Å². The van der Waals surface area contributed by atoms with Crippen LogP contribution in [0.1, 0.15) is 17.0 Å². The zero-order valence-corrected chi connectivity index (χ0v) is 15.4. The van der Waals surface area contributed by atoms with Gasteiger partial charge in [0.15, 0.2) is 6.61 Å². The number of benzene rings is 1. The SMILES string of the molecule is COc1ccc(C)cc1NC(=O)COC(=O)Cn1nc(C)c([N+](=O)[O-])c1C. The minimum absolute atomic E-state index is 0.146. The zero-order valence-electron chi connectivity index (χ0n) is 15.4. The van der Waals surface area contributed by atoms with Gasteiger partial charge in [-0.25, -0.2) is 0 Å². The van der Waals surface area contributed by atoms with Gasteiger partial charge in [-0.3, -0.25) is 24.4 Å². The molecule has 0 bridgehead atoms. The van der Waals surface area contributed by atoms with Crippen molar-refractivity contribution in [2.45, 2.75) is 27.3 Å². The van der Waals surface area contributed by atoms with Crippen LogP contribution in [0.5, 0.6) is 5.75 Å². The fourth-order valence-electron chi connectivity index (χ4n) is 2.53. The fraction of sp³-hybridized carbons (Fsp3) is 0.353. The van der Waals surface area contributed by atoms with E-state index in [9.17, 15) is 19.7 Å². The Morgan fingerprint density at radius 2 is 2.00 bits per heavy atom. The van der Waals surface area contributed by atoms with E-state index < -0.39 is 23.4 Å². The highest BCUT2D eigenvalue weighted by Gasteiger charge is 2.23. The van der Waals surface area contributed by atoms with Gasteiger partial charge in [-0.15, -0.1) is 0 Å². The molecule has 0 unspecified atom stereocenters. The van der Waals surface area contributed by atoms with Crippen LogP contribution in [0.25, 0.3) is 0 Å². The summed E-state index contributed by atoms with van der Waals surface area (Å²) >= 11 is 0. The summed E-state index contributed by atoms with van der Waals surface area (Å²) in [4.78, 5) is 34.4. The van der Waals surface area contributed by atoms with Crippen molar-refractivity contribution in [2.24, 2.45) is 0 Å². The number of nitrogens with one attached hydrogen (secondary N) is 1. The first kappa shape index (κ1) is 19.9. The molecule has 27 heavy (non-hydrogen) atoms. The lowest BCUT2D eigenvalue weighted by atomic mass is 10.2. The second-order valence-electron chi connectivity index (χ2n) is 5.85. The maximum Gasteiger partial charge on any atom is 0.328 e. The molecule has 0 saturated heterocycles. The number of aryl methyl sites for hydroxylation is 2. The molecule has 0 atom stereocenters. The number of rotatable bonds is 7. The van der Waals surface area contributed by atoms with Crippen LogP contribution in [-0.4, -0.2) is 40.3 Å². The molecular formula is C17H20N4O6. The maximum atomic E-state index is 12.0.